The molecule has 2 aromatic rings. The van der Waals surface area contributed by atoms with E-state index >= 15 is 0 Å². The lowest BCUT2D eigenvalue weighted by molar-refractivity contribution is 0.0785. The van der Waals surface area contributed by atoms with Crippen LogP contribution in [0.1, 0.15) is 26.4 Å². The van der Waals surface area contributed by atoms with Crippen molar-refractivity contribution in [1.29, 1.82) is 0 Å². The second-order valence-corrected chi connectivity index (χ2v) is 5.76. The predicted octanol–water partition coefficient (Wildman–Crippen LogP) is 2.64. The van der Waals surface area contributed by atoms with E-state index in [1.54, 1.807) is 16.2 Å². The molecule has 2 rings (SSSR count). The highest BCUT2D eigenvalue weighted by Gasteiger charge is 2.12. The summed E-state index contributed by atoms with van der Waals surface area (Å²) in [5.74, 6) is 5.86. The van der Waals surface area contributed by atoms with Crippen LogP contribution in [0.3, 0.4) is 0 Å². The summed E-state index contributed by atoms with van der Waals surface area (Å²) in [6.45, 7) is 2.94. The Morgan fingerprint density at radius 1 is 1.33 bits per heavy atom. The van der Waals surface area contributed by atoms with Gasteiger partial charge in [0.15, 0.2) is 0 Å². The van der Waals surface area contributed by atoms with E-state index in [0.717, 1.165) is 16.0 Å². The maximum absolute atomic E-state index is 12.3. The van der Waals surface area contributed by atoms with Gasteiger partial charge in [0.1, 0.15) is 0 Å². The molecule has 0 bridgehead atoms. The van der Waals surface area contributed by atoms with E-state index < -0.39 is 0 Å². The van der Waals surface area contributed by atoms with Gasteiger partial charge in [-0.15, -0.1) is 11.3 Å². The molecule has 1 aromatic carbocycles. The van der Waals surface area contributed by atoms with Crippen LogP contribution in [0.4, 0.5) is 0 Å². The molecule has 2 N–H and O–H groups in total. The van der Waals surface area contributed by atoms with Crippen LogP contribution in [0.2, 0.25) is 0 Å². The third kappa shape index (κ3) is 4.19. The lowest BCUT2D eigenvalue weighted by atomic mass is 10.1. The van der Waals surface area contributed by atoms with E-state index in [1.807, 2.05) is 49.7 Å². The molecule has 1 aromatic heterocycles. The maximum Gasteiger partial charge on any atom is 0.253 e. The van der Waals surface area contributed by atoms with Crippen molar-refractivity contribution in [3.63, 3.8) is 0 Å². The van der Waals surface area contributed by atoms with Crippen LogP contribution in [-0.4, -0.2) is 24.4 Å². The SMILES string of the molecule is Cc1ccc(C(=O)N(C)Cc2csc(C#CCN)c2)cc1. The molecule has 3 nitrogen and oxygen atoms in total. The summed E-state index contributed by atoms with van der Waals surface area (Å²) in [6, 6.07) is 9.63. The van der Waals surface area contributed by atoms with Gasteiger partial charge >= 0.3 is 0 Å². The molecule has 4 heteroatoms. The largest absolute Gasteiger partial charge is 0.337 e. The lowest BCUT2D eigenvalue weighted by Crippen LogP contribution is -2.25. The van der Waals surface area contributed by atoms with E-state index in [4.69, 9.17) is 5.73 Å². The zero-order chi connectivity index (χ0) is 15.2. The first-order valence-electron chi connectivity index (χ1n) is 6.68. The number of nitrogens with two attached hydrogens (primary N) is 1. The molecule has 0 radical (unpaired) electrons. The normalized spacial score (nSPS) is 9.86. The molecule has 0 spiro atoms. The fourth-order valence-corrected chi connectivity index (χ4v) is 2.70. The Morgan fingerprint density at radius 3 is 2.71 bits per heavy atom. The number of carbonyl (C=O) groups excluding carboxylic acids is 1. The van der Waals surface area contributed by atoms with Crippen molar-refractivity contribution >= 4 is 17.2 Å². The minimum atomic E-state index is 0.0239. The summed E-state index contributed by atoms with van der Waals surface area (Å²) < 4.78 is 0. The number of carbonyl (C=O) groups is 1. The fourth-order valence-electron chi connectivity index (χ4n) is 1.92. The number of hydrogen-bond donors (Lipinski definition) is 1. The molecule has 1 amide bonds. The van der Waals surface area contributed by atoms with Crippen molar-refractivity contribution in [1.82, 2.24) is 4.90 Å². The molecule has 0 aliphatic rings. The van der Waals surface area contributed by atoms with Crippen molar-refractivity contribution in [3.05, 3.63) is 57.3 Å². The average molecular weight is 298 g/mol. The van der Waals surface area contributed by atoms with Gasteiger partial charge in [-0.2, -0.15) is 0 Å². The van der Waals surface area contributed by atoms with E-state index in [1.165, 1.54) is 0 Å². The molecule has 0 aliphatic heterocycles. The number of nitrogens with zero attached hydrogens (tertiary/aromatic N) is 1. The van der Waals surface area contributed by atoms with Gasteiger partial charge in [-0.1, -0.05) is 29.5 Å². The Labute approximate surface area is 129 Å². The van der Waals surface area contributed by atoms with Crippen LogP contribution in [0, 0.1) is 18.8 Å². The number of amides is 1. The van der Waals surface area contributed by atoms with Gasteiger partial charge in [0.05, 0.1) is 11.4 Å². The smallest absolute Gasteiger partial charge is 0.253 e. The summed E-state index contributed by atoms with van der Waals surface area (Å²) in [4.78, 5) is 15.0. The molecular formula is C17H18N2OS. The molecule has 0 fully saturated rings. The molecule has 0 unspecified atom stereocenters. The molecular weight excluding hydrogens is 280 g/mol. The van der Waals surface area contributed by atoms with Gasteiger partial charge < -0.3 is 10.6 Å². The molecule has 0 atom stereocenters. The van der Waals surface area contributed by atoms with Crippen LogP contribution in [0.25, 0.3) is 0 Å². The minimum Gasteiger partial charge on any atom is -0.337 e. The molecule has 0 aliphatic carbocycles. The van der Waals surface area contributed by atoms with Gasteiger partial charge in [0.2, 0.25) is 0 Å². The summed E-state index contributed by atoms with van der Waals surface area (Å²) >= 11 is 1.57. The van der Waals surface area contributed by atoms with E-state index in [9.17, 15) is 4.79 Å². The average Bonchev–Trinajstić information content (AvgIpc) is 2.92. The van der Waals surface area contributed by atoms with E-state index in [-0.39, 0.29) is 5.91 Å². The molecule has 1 heterocycles. The monoisotopic (exact) mass is 298 g/mol. The Morgan fingerprint density at radius 2 is 2.05 bits per heavy atom. The Bertz CT molecular complexity index is 677. The highest BCUT2D eigenvalue weighted by Crippen LogP contribution is 2.16. The summed E-state index contributed by atoms with van der Waals surface area (Å²) in [5.41, 5.74) is 8.30. The first kappa shape index (κ1) is 15.3. The molecule has 108 valence electrons. The van der Waals surface area contributed by atoms with Crippen molar-refractivity contribution in [2.75, 3.05) is 13.6 Å². The van der Waals surface area contributed by atoms with Crippen molar-refractivity contribution in [2.45, 2.75) is 13.5 Å². The van der Waals surface area contributed by atoms with Crippen molar-refractivity contribution < 1.29 is 4.79 Å². The third-order valence-corrected chi connectivity index (χ3v) is 3.93. The van der Waals surface area contributed by atoms with Crippen LogP contribution in [-0.2, 0) is 6.54 Å². The number of aryl methyl sites for hydroxylation is 1. The van der Waals surface area contributed by atoms with Crippen LogP contribution in [0.5, 0.6) is 0 Å². The topological polar surface area (TPSA) is 46.3 Å². The summed E-state index contributed by atoms with van der Waals surface area (Å²) in [5, 5.41) is 2.03. The quantitative estimate of drug-likeness (QED) is 0.886. The van der Waals surface area contributed by atoms with Crippen LogP contribution >= 0.6 is 11.3 Å². The van der Waals surface area contributed by atoms with Crippen LogP contribution < -0.4 is 5.73 Å². The van der Waals surface area contributed by atoms with Gasteiger partial charge in [0.25, 0.3) is 5.91 Å². The number of rotatable bonds is 3. The Kier molecular flexibility index (Phi) is 5.15. The van der Waals surface area contributed by atoms with Crippen molar-refractivity contribution in [2.24, 2.45) is 5.73 Å². The number of thiophene rings is 1. The maximum atomic E-state index is 12.3. The first-order valence-corrected chi connectivity index (χ1v) is 7.56. The molecule has 0 saturated heterocycles. The molecule has 0 saturated carbocycles. The number of hydrogen-bond acceptors (Lipinski definition) is 3. The van der Waals surface area contributed by atoms with Gasteiger partial charge in [-0.05, 0) is 36.1 Å². The minimum absolute atomic E-state index is 0.0239. The first-order chi connectivity index (χ1) is 10.1. The Hall–Kier alpha value is -2.09. The fraction of sp³-hybridized carbons (Fsp3) is 0.235. The summed E-state index contributed by atoms with van der Waals surface area (Å²) in [7, 11) is 1.81. The number of benzene rings is 1. The third-order valence-electron chi connectivity index (χ3n) is 3.03. The van der Waals surface area contributed by atoms with Crippen molar-refractivity contribution in [3.8, 4) is 11.8 Å². The van der Waals surface area contributed by atoms with Gasteiger partial charge in [0, 0.05) is 19.2 Å². The van der Waals surface area contributed by atoms with E-state index in [0.29, 0.717) is 18.7 Å². The Balaban J connectivity index is 2.03. The second-order valence-electron chi connectivity index (χ2n) is 4.85. The van der Waals surface area contributed by atoms with Crippen LogP contribution in [0.15, 0.2) is 35.7 Å². The van der Waals surface area contributed by atoms with Gasteiger partial charge in [-0.25, -0.2) is 0 Å². The van der Waals surface area contributed by atoms with E-state index in [2.05, 4.69) is 11.8 Å². The lowest BCUT2D eigenvalue weighted by Gasteiger charge is -2.16. The summed E-state index contributed by atoms with van der Waals surface area (Å²) in [6.07, 6.45) is 0. The van der Waals surface area contributed by atoms with Gasteiger partial charge in [-0.3, -0.25) is 4.79 Å². The molecule has 21 heavy (non-hydrogen) atoms. The standard InChI is InChI=1S/C17H18N2OS/c1-13-5-7-15(8-6-13)17(20)19(2)11-14-10-16(21-12-14)4-3-9-18/h5-8,10,12H,9,11,18H2,1-2H3. The predicted molar refractivity (Wildman–Crippen MR) is 87.2 cm³/mol. The zero-order valence-electron chi connectivity index (χ0n) is 12.2. The highest BCUT2D eigenvalue weighted by atomic mass is 32.1. The zero-order valence-corrected chi connectivity index (χ0v) is 13.0. The highest BCUT2D eigenvalue weighted by molar-refractivity contribution is 7.10. The second kappa shape index (κ2) is 7.07.